The van der Waals surface area contributed by atoms with E-state index in [-0.39, 0.29) is 6.61 Å². The van der Waals surface area contributed by atoms with Crippen LogP contribution in [-0.2, 0) is 6.61 Å². The Morgan fingerprint density at radius 2 is 2.56 bits per heavy atom. The zero-order chi connectivity index (χ0) is 6.69. The molecule has 0 unspecified atom stereocenters. The SMILES string of the molecule is C=Cc1ccsc1CO. The topological polar surface area (TPSA) is 20.2 Å². The number of thiophene rings is 1. The van der Waals surface area contributed by atoms with E-state index in [0.29, 0.717) is 0 Å². The third-order valence-electron chi connectivity index (χ3n) is 1.14. The molecule has 1 heterocycles. The highest BCUT2D eigenvalue weighted by Crippen LogP contribution is 2.16. The molecule has 1 aromatic heterocycles. The molecule has 0 fully saturated rings. The Hall–Kier alpha value is -0.600. The van der Waals surface area contributed by atoms with Crippen molar-refractivity contribution in [2.24, 2.45) is 0 Å². The molecule has 2 heteroatoms. The van der Waals surface area contributed by atoms with Crippen molar-refractivity contribution in [2.75, 3.05) is 0 Å². The van der Waals surface area contributed by atoms with Gasteiger partial charge in [-0.25, -0.2) is 0 Å². The summed E-state index contributed by atoms with van der Waals surface area (Å²) in [5.41, 5.74) is 1.04. The lowest BCUT2D eigenvalue weighted by molar-refractivity contribution is 0.285. The minimum absolute atomic E-state index is 0.124. The molecule has 1 aromatic rings. The van der Waals surface area contributed by atoms with Gasteiger partial charge in [-0.2, -0.15) is 0 Å². The quantitative estimate of drug-likeness (QED) is 0.665. The second-order valence-electron chi connectivity index (χ2n) is 1.66. The van der Waals surface area contributed by atoms with Crippen LogP contribution in [0.25, 0.3) is 6.08 Å². The van der Waals surface area contributed by atoms with Crippen LogP contribution in [-0.4, -0.2) is 5.11 Å². The van der Waals surface area contributed by atoms with E-state index < -0.39 is 0 Å². The van der Waals surface area contributed by atoms with Gasteiger partial charge in [0.2, 0.25) is 0 Å². The molecule has 1 rings (SSSR count). The summed E-state index contributed by atoms with van der Waals surface area (Å²) in [7, 11) is 0. The summed E-state index contributed by atoms with van der Waals surface area (Å²) in [5.74, 6) is 0. The van der Waals surface area contributed by atoms with E-state index in [9.17, 15) is 0 Å². The maximum Gasteiger partial charge on any atom is 0.0780 e. The molecule has 0 aromatic carbocycles. The van der Waals surface area contributed by atoms with E-state index >= 15 is 0 Å². The number of aliphatic hydroxyl groups excluding tert-OH is 1. The van der Waals surface area contributed by atoms with Crippen molar-refractivity contribution in [3.8, 4) is 0 Å². The third kappa shape index (κ3) is 1.20. The fourth-order valence-electron chi connectivity index (χ4n) is 0.661. The third-order valence-corrected chi connectivity index (χ3v) is 2.06. The van der Waals surface area contributed by atoms with Crippen LogP contribution in [0.4, 0.5) is 0 Å². The molecule has 0 aliphatic rings. The van der Waals surface area contributed by atoms with E-state index in [4.69, 9.17) is 5.11 Å². The Bertz CT molecular complexity index is 202. The van der Waals surface area contributed by atoms with Crippen molar-refractivity contribution in [3.05, 3.63) is 28.5 Å². The smallest absolute Gasteiger partial charge is 0.0780 e. The number of hydrogen-bond donors (Lipinski definition) is 1. The largest absolute Gasteiger partial charge is 0.391 e. The van der Waals surface area contributed by atoms with Crippen LogP contribution >= 0.6 is 11.3 Å². The van der Waals surface area contributed by atoms with Gasteiger partial charge in [-0.3, -0.25) is 0 Å². The number of hydrogen-bond acceptors (Lipinski definition) is 2. The second-order valence-corrected chi connectivity index (χ2v) is 2.66. The Balaban J connectivity index is 2.98. The highest BCUT2D eigenvalue weighted by molar-refractivity contribution is 7.10. The van der Waals surface area contributed by atoms with Gasteiger partial charge in [0.25, 0.3) is 0 Å². The zero-order valence-corrected chi connectivity index (χ0v) is 5.82. The van der Waals surface area contributed by atoms with Crippen LogP contribution in [0.15, 0.2) is 18.0 Å². The summed E-state index contributed by atoms with van der Waals surface area (Å²) in [6.45, 7) is 3.73. The van der Waals surface area contributed by atoms with Gasteiger partial charge in [0.1, 0.15) is 0 Å². The van der Waals surface area contributed by atoms with Crippen molar-refractivity contribution >= 4 is 17.4 Å². The summed E-state index contributed by atoms with van der Waals surface area (Å²) in [6.07, 6.45) is 1.75. The predicted molar refractivity (Wildman–Crippen MR) is 40.3 cm³/mol. The van der Waals surface area contributed by atoms with Gasteiger partial charge >= 0.3 is 0 Å². The summed E-state index contributed by atoms with van der Waals surface area (Å²) < 4.78 is 0. The van der Waals surface area contributed by atoms with Crippen LogP contribution in [0.2, 0.25) is 0 Å². The summed E-state index contributed by atoms with van der Waals surface area (Å²) in [5, 5.41) is 10.6. The number of aliphatic hydroxyl groups is 1. The molecular formula is C7H8OS. The van der Waals surface area contributed by atoms with E-state index in [1.807, 2.05) is 11.4 Å². The summed E-state index contributed by atoms with van der Waals surface area (Å²) in [6, 6.07) is 1.95. The first kappa shape index (κ1) is 6.52. The average molecular weight is 140 g/mol. The van der Waals surface area contributed by atoms with Crippen molar-refractivity contribution in [1.29, 1.82) is 0 Å². The van der Waals surface area contributed by atoms with Crippen LogP contribution in [0.3, 0.4) is 0 Å². The van der Waals surface area contributed by atoms with Crippen molar-refractivity contribution < 1.29 is 5.11 Å². The molecule has 0 radical (unpaired) electrons. The van der Waals surface area contributed by atoms with Gasteiger partial charge in [-0.05, 0) is 17.0 Å². The maximum atomic E-state index is 8.70. The molecule has 0 saturated heterocycles. The van der Waals surface area contributed by atoms with Crippen LogP contribution < -0.4 is 0 Å². The lowest BCUT2D eigenvalue weighted by Gasteiger charge is -1.89. The lowest BCUT2D eigenvalue weighted by atomic mass is 10.3. The number of rotatable bonds is 2. The van der Waals surface area contributed by atoms with Crippen LogP contribution in [0, 0.1) is 0 Å². The van der Waals surface area contributed by atoms with Crippen LogP contribution in [0.1, 0.15) is 10.4 Å². The molecule has 0 atom stereocenters. The van der Waals surface area contributed by atoms with Gasteiger partial charge in [0.15, 0.2) is 0 Å². The molecule has 0 aliphatic carbocycles. The minimum atomic E-state index is 0.124. The fraction of sp³-hybridized carbons (Fsp3) is 0.143. The molecule has 0 aliphatic heterocycles. The van der Waals surface area contributed by atoms with Gasteiger partial charge < -0.3 is 5.11 Å². The van der Waals surface area contributed by atoms with E-state index in [2.05, 4.69) is 6.58 Å². The summed E-state index contributed by atoms with van der Waals surface area (Å²) in [4.78, 5) is 0.991. The van der Waals surface area contributed by atoms with Crippen molar-refractivity contribution in [3.63, 3.8) is 0 Å². The van der Waals surface area contributed by atoms with Gasteiger partial charge in [-0.1, -0.05) is 12.7 Å². The first-order chi connectivity index (χ1) is 4.38. The molecule has 1 N–H and O–H groups in total. The van der Waals surface area contributed by atoms with Gasteiger partial charge in [0.05, 0.1) is 6.61 Å². The Morgan fingerprint density at radius 3 is 3.00 bits per heavy atom. The monoisotopic (exact) mass is 140 g/mol. The molecule has 1 nitrogen and oxygen atoms in total. The van der Waals surface area contributed by atoms with E-state index in [1.165, 1.54) is 0 Å². The van der Waals surface area contributed by atoms with Crippen LogP contribution in [0.5, 0.6) is 0 Å². The average Bonchev–Trinajstić information content (AvgIpc) is 2.33. The van der Waals surface area contributed by atoms with Gasteiger partial charge in [0, 0.05) is 4.88 Å². The normalized spacial score (nSPS) is 9.44. The van der Waals surface area contributed by atoms with E-state index in [1.54, 1.807) is 17.4 Å². The highest BCUT2D eigenvalue weighted by Gasteiger charge is 1.96. The predicted octanol–water partition coefficient (Wildman–Crippen LogP) is 1.88. The van der Waals surface area contributed by atoms with Crippen molar-refractivity contribution in [1.82, 2.24) is 0 Å². The molecule has 0 amide bonds. The maximum absolute atomic E-state index is 8.70. The minimum Gasteiger partial charge on any atom is -0.391 e. The highest BCUT2D eigenvalue weighted by atomic mass is 32.1. The summed E-state index contributed by atoms with van der Waals surface area (Å²) >= 11 is 1.55. The Labute approximate surface area is 58.3 Å². The molecule has 48 valence electrons. The molecule has 0 bridgehead atoms. The lowest BCUT2D eigenvalue weighted by Crippen LogP contribution is -1.77. The standard InChI is InChI=1S/C7H8OS/c1-2-6-3-4-9-7(6)5-8/h2-4,8H,1,5H2. The molecule has 0 saturated carbocycles. The Morgan fingerprint density at radius 1 is 1.78 bits per heavy atom. The van der Waals surface area contributed by atoms with E-state index in [0.717, 1.165) is 10.4 Å². The first-order valence-electron chi connectivity index (χ1n) is 2.68. The first-order valence-corrected chi connectivity index (χ1v) is 3.56. The fourth-order valence-corrected chi connectivity index (χ4v) is 1.40. The zero-order valence-electron chi connectivity index (χ0n) is 5.00. The molecule has 9 heavy (non-hydrogen) atoms. The van der Waals surface area contributed by atoms with Gasteiger partial charge in [-0.15, -0.1) is 11.3 Å². The van der Waals surface area contributed by atoms with Crippen molar-refractivity contribution in [2.45, 2.75) is 6.61 Å². The Kier molecular flexibility index (Phi) is 2.03. The second kappa shape index (κ2) is 2.80. The molecular weight excluding hydrogens is 132 g/mol. The molecule has 0 spiro atoms.